The van der Waals surface area contributed by atoms with E-state index in [1.54, 1.807) is 12.1 Å². The maximum absolute atomic E-state index is 12.9. The molecule has 1 aromatic heterocycles. The Morgan fingerprint density at radius 2 is 2.31 bits per heavy atom. The zero-order valence-electron chi connectivity index (χ0n) is 8.14. The second-order valence-electron chi connectivity index (χ2n) is 3.22. The first kappa shape index (κ1) is 10.3. The SMILES string of the molecule is O=C(O)c1n[nH]c(Cc2cccc(F)c2)n1. The van der Waals surface area contributed by atoms with Gasteiger partial charge in [-0.1, -0.05) is 12.1 Å². The molecule has 5 nitrogen and oxygen atoms in total. The van der Waals surface area contributed by atoms with Crippen LogP contribution in [-0.2, 0) is 6.42 Å². The first-order chi connectivity index (χ1) is 7.65. The van der Waals surface area contributed by atoms with Crippen LogP contribution in [-0.4, -0.2) is 26.3 Å². The van der Waals surface area contributed by atoms with Crippen LogP contribution in [0.3, 0.4) is 0 Å². The van der Waals surface area contributed by atoms with Gasteiger partial charge in [0.1, 0.15) is 11.6 Å². The van der Waals surface area contributed by atoms with E-state index in [4.69, 9.17) is 5.11 Å². The van der Waals surface area contributed by atoms with Crippen molar-refractivity contribution in [1.29, 1.82) is 0 Å². The molecular formula is C10H8FN3O2. The van der Waals surface area contributed by atoms with E-state index in [9.17, 15) is 9.18 Å². The molecule has 1 heterocycles. The Labute approximate surface area is 90.0 Å². The lowest BCUT2D eigenvalue weighted by Crippen LogP contribution is -1.99. The van der Waals surface area contributed by atoms with Crippen LogP contribution in [0.15, 0.2) is 24.3 Å². The van der Waals surface area contributed by atoms with Gasteiger partial charge in [0.05, 0.1) is 0 Å². The molecule has 0 bridgehead atoms. The van der Waals surface area contributed by atoms with E-state index in [1.807, 2.05) is 0 Å². The van der Waals surface area contributed by atoms with Crippen molar-refractivity contribution in [2.75, 3.05) is 0 Å². The molecule has 0 aliphatic carbocycles. The first-order valence-corrected chi connectivity index (χ1v) is 4.54. The van der Waals surface area contributed by atoms with Gasteiger partial charge in [0.25, 0.3) is 5.82 Å². The van der Waals surface area contributed by atoms with Gasteiger partial charge in [-0.2, -0.15) is 0 Å². The van der Waals surface area contributed by atoms with Gasteiger partial charge in [-0.05, 0) is 17.7 Å². The van der Waals surface area contributed by atoms with Gasteiger partial charge in [0.2, 0.25) is 0 Å². The molecule has 0 aliphatic rings. The highest BCUT2D eigenvalue weighted by molar-refractivity contribution is 5.82. The van der Waals surface area contributed by atoms with Crippen molar-refractivity contribution >= 4 is 5.97 Å². The van der Waals surface area contributed by atoms with Crippen molar-refractivity contribution in [3.63, 3.8) is 0 Å². The van der Waals surface area contributed by atoms with E-state index < -0.39 is 5.97 Å². The zero-order chi connectivity index (χ0) is 11.5. The number of hydrogen-bond donors (Lipinski definition) is 2. The van der Waals surface area contributed by atoms with Gasteiger partial charge in [-0.3, -0.25) is 5.10 Å². The summed E-state index contributed by atoms with van der Waals surface area (Å²) in [7, 11) is 0. The summed E-state index contributed by atoms with van der Waals surface area (Å²) in [6, 6.07) is 6.01. The monoisotopic (exact) mass is 221 g/mol. The highest BCUT2D eigenvalue weighted by Gasteiger charge is 2.10. The minimum absolute atomic E-state index is 0.286. The van der Waals surface area contributed by atoms with Crippen LogP contribution in [0, 0.1) is 5.82 Å². The fraction of sp³-hybridized carbons (Fsp3) is 0.100. The molecule has 0 unspecified atom stereocenters. The number of aromatic amines is 1. The molecule has 0 saturated carbocycles. The van der Waals surface area contributed by atoms with Crippen LogP contribution in [0.4, 0.5) is 4.39 Å². The molecule has 0 radical (unpaired) electrons. The third-order valence-corrected chi connectivity index (χ3v) is 1.98. The molecule has 0 atom stereocenters. The van der Waals surface area contributed by atoms with Crippen LogP contribution in [0.1, 0.15) is 22.0 Å². The maximum atomic E-state index is 12.9. The number of nitrogens with one attached hydrogen (secondary N) is 1. The maximum Gasteiger partial charge on any atom is 0.375 e. The number of benzene rings is 1. The molecular weight excluding hydrogens is 213 g/mol. The number of H-pyrrole nitrogens is 1. The average molecular weight is 221 g/mol. The molecule has 2 aromatic rings. The van der Waals surface area contributed by atoms with Gasteiger partial charge in [0.15, 0.2) is 0 Å². The summed E-state index contributed by atoms with van der Waals surface area (Å²) in [5.41, 5.74) is 0.702. The van der Waals surface area contributed by atoms with Crippen LogP contribution in [0.5, 0.6) is 0 Å². The smallest absolute Gasteiger partial charge is 0.375 e. The number of rotatable bonds is 3. The summed E-state index contributed by atoms with van der Waals surface area (Å²) in [6.45, 7) is 0. The fourth-order valence-corrected chi connectivity index (χ4v) is 1.31. The topological polar surface area (TPSA) is 78.9 Å². The van der Waals surface area contributed by atoms with Crippen molar-refractivity contribution in [3.8, 4) is 0 Å². The minimum atomic E-state index is -1.19. The van der Waals surface area contributed by atoms with E-state index >= 15 is 0 Å². The Bertz CT molecular complexity index is 524. The van der Waals surface area contributed by atoms with E-state index in [-0.39, 0.29) is 11.6 Å². The molecule has 0 fully saturated rings. The molecule has 0 spiro atoms. The second-order valence-corrected chi connectivity index (χ2v) is 3.22. The van der Waals surface area contributed by atoms with Crippen LogP contribution in [0.25, 0.3) is 0 Å². The lowest BCUT2D eigenvalue weighted by atomic mass is 10.1. The molecule has 2 rings (SSSR count). The van der Waals surface area contributed by atoms with Crippen molar-refractivity contribution in [2.45, 2.75) is 6.42 Å². The van der Waals surface area contributed by atoms with Crippen molar-refractivity contribution in [2.24, 2.45) is 0 Å². The summed E-state index contributed by atoms with van der Waals surface area (Å²) in [6.07, 6.45) is 0.317. The van der Waals surface area contributed by atoms with E-state index in [0.717, 1.165) is 0 Å². The number of carbonyl (C=O) groups is 1. The van der Waals surface area contributed by atoms with Crippen molar-refractivity contribution in [3.05, 3.63) is 47.3 Å². The van der Waals surface area contributed by atoms with E-state index in [0.29, 0.717) is 17.8 Å². The molecule has 2 N–H and O–H groups in total. The predicted molar refractivity (Wildman–Crippen MR) is 52.5 cm³/mol. The summed E-state index contributed by atoms with van der Waals surface area (Å²) < 4.78 is 12.9. The Kier molecular flexibility index (Phi) is 2.63. The summed E-state index contributed by atoms with van der Waals surface area (Å²) >= 11 is 0. The third kappa shape index (κ3) is 2.22. The Hall–Kier alpha value is -2.24. The van der Waals surface area contributed by atoms with E-state index in [1.165, 1.54) is 12.1 Å². The quantitative estimate of drug-likeness (QED) is 0.817. The fourth-order valence-electron chi connectivity index (χ4n) is 1.31. The van der Waals surface area contributed by atoms with Gasteiger partial charge in [-0.15, -0.1) is 5.10 Å². The largest absolute Gasteiger partial charge is 0.475 e. The average Bonchev–Trinajstić information content (AvgIpc) is 2.66. The van der Waals surface area contributed by atoms with Gasteiger partial charge >= 0.3 is 5.97 Å². The number of hydrogen-bond acceptors (Lipinski definition) is 3. The molecule has 1 aromatic carbocycles. The van der Waals surface area contributed by atoms with Crippen molar-refractivity contribution < 1.29 is 14.3 Å². The molecule has 0 amide bonds. The molecule has 0 saturated heterocycles. The lowest BCUT2D eigenvalue weighted by molar-refractivity contribution is 0.0684. The molecule has 0 aliphatic heterocycles. The predicted octanol–water partition coefficient (Wildman–Crippen LogP) is 1.23. The van der Waals surface area contributed by atoms with E-state index in [2.05, 4.69) is 15.2 Å². The minimum Gasteiger partial charge on any atom is -0.475 e. The number of carboxylic acids is 1. The van der Waals surface area contributed by atoms with Crippen LogP contribution >= 0.6 is 0 Å². The summed E-state index contributed by atoms with van der Waals surface area (Å²) in [5.74, 6) is -1.42. The van der Waals surface area contributed by atoms with Crippen molar-refractivity contribution in [1.82, 2.24) is 15.2 Å². The summed E-state index contributed by atoms with van der Waals surface area (Å²) in [5, 5.41) is 14.6. The Morgan fingerprint density at radius 3 is 2.94 bits per heavy atom. The number of aromatic carboxylic acids is 1. The third-order valence-electron chi connectivity index (χ3n) is 1.98. The van der Waals surface area contributed by atoms with Gasteiger partial charge in [-0.25, -0.2) is 14.2 Å². The van der Waals surface area contributed by atoms with Gasteiger partial charge < -0.3 is 5.11 Å². The zero-order valence-corrected chi connectivity index (χ0v) is 8.14. The second kappa shape index (κ2) is 4.09. The number of aromatic nitrogens is 3. The Balaban J connectivity index is 2.17. The number of carboxylic acid groups (broad SMARTS) is 1. The highest BCUT2D eigenvalue weighted by Crippen LogP contribution is 2.07. The normalized spacial score (nSPS) is 10.3. The Morgan fingerprint density at radius 1 is 1.50 bits per heavy atom. The number of nitrogens with zero attached hydrogens (tertiary/aromatic N) is 2. The molecule has 6 heteroatoms. The first-order valence-electron chi connectivity index (χ1n) is 4.54. The van der Waals surface area contributed by atoms with Gasteiger partial charge in [0, 0.05) is 6.42 Å². The van der Waals surface area contributed by atoms with Crippen LogP contribution < -0.4 is 0 Å². The summed E-state index contributed by atoms with van der Waals surface area (Å²) in [4.78, 5) is 14.3. The molecule has 82 valence electrons. The van der Waals surface area contributed by atoms with Crippen LogP contribution in [0.2, 0.25) is 0 Å². The standard InChI is InChI=1S/C10H8FN3O2/c11-7-3-1-2-6(4-7)5-8-12-9(10(15)16)14-13-8/h1-4H,5H2,(H,15,16)(H,12,13,14). The number of halogens is 1. The highest BCUT2D eigenvalue weighted by atomic mass is 19.1. The molecule has 16 heavy (non-hydrogen) atoms. The lowest BCUT2D eigenvalue weighted by Gasteiger charge is -1.96.